The van der Waals surface area contributed by atoms with Crippen molar-refractivity contribution in [1.29, 1.82) is 0 Å². The van der Waals surface area contributed by atoms with Crippen LogP contribution in [-0.4, -0.2) is 49.0 Å². The van der Waals surface area contributed by atoms with Crippen molar-refractivity contribution >= 4 is 11.9 Å². The monoisotopic (exact) mass is 314 g/mol. The number of aromatic nitrogens is 3. The van der Waals surface area contributed by atoms with Crippen molar-refractivity contribution in [3.63, 3.8) is 0 Å². The molecule has 2 aromatic rings. The first-order valence-electron chi connectivity index (χ1n) is 7.56. The number of hydrogen-bond donors (Lipinski definition) is 1. The molecule has 0 radical (unpaired) electrons. The zero-order chi connectivity index (χ0) is 16.4. The Labute approximate surface area is 133 Å². The second kappa shape index (κ2) is 6.20. The molecule has 1 saturated heterocycles. The summed E-state index contributed by atoms with van der Waals surface area (Å²) < 4.78 is 1.75. The maximum atomic E-state index is 12.6. The lowest BCUT2D eigenvalue weighted by atomic mass is 9.90. The van der Waals surface area contributed by atoms with Crippen LogP contribution in [0.15, 0.2) is 37.1 Å². The number of carbonyl (C=O) groups is 2. The zero-order valence-corrected chi connectivity index (χ0v) is 12.8. The molecule has 0 unspecified atom stereocenters. The van der Waals surface area contributed by atoms with Crippen LogP contribution in [0.2, 0.25) is 0 Å². The zero-order valence-electron chi connectivity index (χ0n) is 12.8. The normalized spacial score (nSPS) is 21.2. The van der Waals surface area contributed by atoms with E-state index in [0.29, 0.717) is 30.8 Å². The Balaban J connectivity index is 1.78. The van der Waals surface area contributed by atoms with Crippen molar-refractivity contribution in [1.82, 2.24) is 19.4 Å². The molecule has 0 saturated carbocycles. The molecular weight excluding hydrogens is 296 g/mol. The summed E-state index contributed by atoms with van der Waals surface area (Å²) in [6.45, 7) is 2.37. The minimum atomic E-state index is -0.844. The van der Waals surface area contributed by atoms with Crippen molar-refractivity contribution in [2.45, 2.75) is 25.8 Å². The van der Waals surface area contributed by atoms with Gasteiger partial charge < -0.3 is 10.0 Å². The standard InChI is InChI=1S/C16H18N4O3/c1-11-13(16(22)23)3-2-7-20(11)15(21)12-4-5-14(18-9-12)19-8-6-17-10-19/h4-6,8-11,13H,2-3,7H2,1H3,(H,22,23)/t11-,13-/m1/s1. The molecular formula is C16H18N4O3. The van der Waals surface area contributed by atoms with E-state index in [1.54, 1.807) is 47.2 Å². The quantitative estimate of drug-likeness (QED) is 0.929. The van der Waals surface area contributed by atoms with Crippen LogP contribution < -0.4 is 0 Å². The summed E-state index contributed by atoms with van der Waals surface area (Å²) in [4.78, 5) is 33.8. The second-order valence-corrected chi connectivity index (χ2v) is 5.70. The van der Waals surface area contributed by atoms with E-state index in [2.05, 4.69) is 9.97 Å². The first-order valence-corrected chi connectivity index (χ1v) is 7.56. The van der Waals surface area contributed by atoms with Gasteiger partial charge in [-0.25, -0.2) is 9.97 Å². The Hall–Kier alpha value is -2.70. The summed E-state index contributed by atoms with van der Waals surface area (Å²) in [6, 6.07) is 3.14. The van der Waals surface area contributed by atoms with Gasteiger partial charge in [-0.05, 0) is 31.9 Å². The number of likely N-dealkylation sites (tertiary alicyclic amines) is 1. The molecule has 1 aliphatic rings. The van der Waals surface area contributed by atoms with Gasteiger partial charge in [-0.2, -0.15) is 0 Å². The van der Waals surface area contributed by atoms with E-state index in [1.807, 2.05) is 0 Å². The second-order valence-electron chi connectivity index (χ2n) is 5.70. The predicted molar refractivity (Wildman–Crippen MR) is 82.2 cm³/mol. The summed E-state index contributed by atoms with van der Waals surface area (Å²) in [5.74, 6) is -0.850. The van der Waals surface area contributed by atoms with Crippen molar-refractivity contribution in [2.24, 2.45) is 5.92 Å². The summed E-state index contributed by atoms with van der Waals surface area (Å²) in [5.41, 5.74) is 0.465. The molecule has 3 heterocycles. The van der Waals surface area contributed by atoms with Gasteiger partial charge in [-0.1, -0.05) is 0 Å². The van der Waals surface area contributed by atoms with Gasteiger partial charge in [0.05, 0.1) is 11.5 Å². The number of amides is 1. The minimum absolute atomic E-state index is 0.173. The minimum Gasteiger partial charge on any atom is -0.481 e. The fraction of sp³-hybridized carbons (Fsp3) is 0.375. The smallest absolute Gasteiger partial charge is 0.308 e. The number of carbonyl (C=O) groups excluding carboxylic acids is 1. The van der Waals surface area contributed by atoms with Gasteiger partial charge in [0.15, 0.2) is 0 Å². The summed E-state index contributed by atoms with van der Waals surface area (Å²) >= 11 is 0. The van der Waals surface area contributed by atoms with Gasteiger partial charge >= 0.3 is 5.97 Å². The van der Waals surface area contributed by atoms with Gasteiger partial charge in [0.2, 0.25) is 0 Å². The van der Waals surface area contributed by atoms with Gasteiger partial charge in [0.1, 0.15) is 12.1 Å². The van der Waals surface area contributed by atoms with Gasteiger partial charge in [-0.15, -0.1) is 0 Å². The number of piperidine rings is 1. The molecule has 1 fully saturated rings. The third-order valence-corrected chi connectivity index (χ3v) is 4.33. The third-order valence-electron chi connectivity index (χ3n) is 4.33. The topological polar surface area (TPSA) is 88.3 Å². The third kappa shape index (κ3) is 2.94. The fourth-order valence-electron chi connectivity index (χ4n) is 2.99. The Bertz CT molecular complexity index is 697. The number of carboxylic acids is 1. The number of imidazole rings is 1. The summed E-state index contributed by atoms with van der Waals surface area (Å²) in [7, 11) is 0. The number of pyridine rings is 1. The number of rotatable bonds is 3. The molecule has 0 aromatic carbocycles. The lowest BCUT2D eigenvalue weighted by Crippen LogP contribution is -2.49. The first kappa shape index (κ1) is 15.2. The fourth-order valence-corrected chi connectivity index (χ4v) is 2.99. The lowest BCUT2D eigenvalue weighted by molar-refractivity contribution is -0.144. The number of hydrogen-bond acceptors (Lipinski definition) is 4. The summed E-state index contributed by atoms with van der Waals surface area (Å²) in [5, 5.41) is 9.26. The van der Waals surface area contributed by atoms with Crippen LogP contribution in [0, 0.1) is 5.92 Å². The SMILES string of the molecule is C[C@@H]1[C@H](C(=O)O)CCCN1C(=O)c1ccc(-n2ccnc2)nc1. The average molecular weight is 314 g/mol. The van der Waals surface area contributed by atoms with Crippen LogP contribution in [0.1, 0.15) is 30.1 Å². The Morgan fingerprint density at radius 3 is 2.78 bits per heavy atom. The molecule has 1 N–H and O–H groups in total. The van der Waals surface area contributed by atoms with E-state index in [4.69, 9.17) is 0 Å². The maximum absolute atomic E-state index is 12.6. The molecule has 1 amide bonds. The molecule has 7 heteroatoms. The van der Waals surface area contributed by atoms with Crippen molar-refractivity contribution < 1.29 is 14.7 Å². The number of aliphatic carboxylic acids is 1. The molecule has 3 rings (SSSR count). The largest absolute Gasteiger partial charge is 0.481 e. The van der Waals surface area contributed by atoms with E-state index in [1.165, 1.54) is 6.20 Å². The van der Waals surface area contributed by atoms with Crippen LogP contribution in [-0.2, 0) is 4.79 Å². The molecule has 1 aliphatic heterocycles. The molecule has 23 heavy (non-hydrogen) atoms. The van der Waals surface area contributed by atoms with E-state index >= 15 is 0 Å². The van der Waals surface area contributed by atoms with E-state index in [9.17, 15) is 14.7 Å². The summed E-state index contributed by atoms with van der Waals surface area (Å²) in [6.07, 6.45) is 7.89. The van der Waals surface area contributed by atoms with Gasteiger partial charge in [0.25, 0.3) is 5.91 Å². The van der Waals surface area contributed by atoms with Crippen LogP contribution in [0.4, 0.5) is 0 Å². The maximum Gasteiger partial charge on any atom is 0.308 e. The van der Waals surface area contributed by atoms with Crippen LogP contribution in [0.25, 0.3) is 5.82 Å². The van der Waals surface area contributed by atoms with Gasteiger partial charge in [-0.3, -0.25) is 14.2 Å². The molecule has 0 bridgehead atoms. The highest BCUT2D eigenvalue weighted by atomic mass is 16.4. The Morgan fingerprint density at radius 1 is 1.35 bits per heavy atom. The molecule has 2 atom stereocenters. The van der Waals surface area contributed by atoms with Crippen molar-refractivity contribution in [2.75, 3.05) is 6.54 Å². The lowest BCUT2D eigenvalue weighted by Gasteiger charge is -2.37. The predicted octanol–water partition coefficient (Wildman–Crippen LogP) is 1.59. The molecule has 0 aliphatic carbocycles. The first-order chi connectivity index (χ1) is 11.1. The molecule has 0 spiro atoms. The van der Waals surface area contributed by atoms with Crippen LogP contribution in [0.5, 0.6) is 0 Å². The number of carboxylic acid groups (broad SMARTS) is 1. The average Bonchev–Trinajstić information content (AvgIpc) is 3.09. The molecule has 120 valence electrons. The Kier molecular flexibility index (Phi) is 4.10. The van der Waals surface area contributed by atoms with E-state index < -0.39 is 11.9 Å². The highest BCUT2D eigenvalue weighted by Crippen LogP contribution is 2.25. The number of nitrogens with zero attached hydrogens (tertiary/aromatic N) is 4. The van der Waals surface area contributed by atoms with E-state index in [-0.39, 0.29) is 11.9 Å². The van der Waals surface area contributed by atoms with Gasteiger partial charge in [0, 0.05) is 31.2 Å². The highest BCUT2D eigenvalue weighted by molar-refractivity contribution is 5.94. The van der Waals surface area contributed by atoms with Crippen molar-refractivity contribution in [3.05, 3.63) is 42.6 Å². The highest BCUT2D eigenvalue weighted by Gasteiger charge is 2.35. The van der Waals surface area contributed by atoms with E-state index in [0.717, 1.165) is 0 Å². The Morgan fingerprint density at radius 2 is 2.17 bits per heavy atom. The molecule has 7 nitrogen and oxygen atoms in total. The van der Waals surface area contributed by atoms with Crippen molar-refractivity contribution in [3.8, 4) is 5.82 Å². The van der Waals surface area contributed by atoms with Crippen LogP contribution in [0.3, 0.4) is 0 Å². The van der Waals surface area contributed by atoms with Crippen LogP contribution >= 0.6 is 0 Å². The molecule has 2 aromatic heterocycles.